The molecule has 1 aromatic carbocycles. The van der Waals surface area contributed by atoms with Crippen LogP contribution in [0.3, 0.4) is 0 Å². The van der Waals surface area contributed by atoms with Crippen molar-refractivity contribution in [1.29, 1.82) is 0 Å². The number of carboxylic acid groups (broad SMARTS) is 1. The van der Waals surface area contributed by atoms with Crippen molar-refractivity contribution < 1.29 is 14.6 Å². The molecular weight excluding hydrogens is 328 g/mol. The lowest BCUT2D eigenvalue weighted by molar-refractivity contribution is 0.0692. The highest BCUT2D eigenvalue weighted by molar-refractivity contribution is 9.11. The van der Waals surface area contributed by atoms with Gasteiger partial charge in [-0.3, -0.25) is 0 Å². The molecule has 0 unspecified atom stereocenters. The molecule has 0 aliphatic heterocycles. The van der Waals surface area contributed by atoms with E-state index >= 15 is 0 Å². The maximum absolute atomic E-state index is 10.9. The first-order chi connectivity index (χ1) is 7.00. The van der Waals surface area contributed by atoms with Crippen molar-refractivity contribution in [2.45, 2.75) is 0 Å². The minimum absolute atomic E-state index is 0.123. The number of hydrogen-bond acceptors (Lipinski definition) is 2. The van der Waals surface area contributed by atoms with E-state index in [0.29, 0.717) is 14.7 Å². The molecule has 0 saturated carbocycles. The summed E-state index contributed by atoms with van der Waals surface area (Å²) in [6.45, 7) is 3.84. The Morgan fingerprint density at radius 3 is 2.73 bits per heavy atom. The molecule has 0 radical (unpaired) electrons. The molecule has 3 nitrogen and oxygen atoms in total. The predicted molar refractivity (Wildman–Crippen MR) is 64.7 cm³/mol. The minimum atomic E-state index is -1.02. The molecule has 1 N–H and O–H groups in total. The molecule has 0 amide bonds. The Morgan fingerprint density at radius 2 is 2.20 bits per heavy atom. The second kappa shape index (κ2) is 5.32. The summed E-state index contributed by atoms with van der Waals surface area (Å²) in [4.78, 5) is 10.9. The van der Waals surface area contributed by atoms with Crippen LogP contribution in [0, 0.1) is 0 Å². The lowest BCUT2D eigenvalue weighted by atomic mass is 10.2. The van der Waals surface area contributed by atoms with Gasteiger partial charge in [0.1, 0.15) is 17.9 Å². The van der Waals surface area contributed by atoms with Gasteiger partial charge in [0.25, 0.3) is 0 Å². The van der Waals surface area contributed by atoms with E-state index in [1.807, 2.05) is 0 Å². The number of ether oxygens (including phenoxy) is 1. The van der Waals surface area contributed by atoms with Crippen LogP contribution >= 0.6 is 31.9 Å². The average molecular weight is 336 g/mol. The molecule has 5 heteroatoms. The Bertz CT molecular complexity index is 402. The lowest BCUT2D eigenvalue weighted by Crippen LogP contribution is -2.04. The maximum Gasteiger partial charge on any atom is 0.339 e. The zero-order valence-corrected chi connectivity index (χ0v) is 10.8. The molecule has 0 atom stereocenters. The van der Waals surface area contributed by atoms with Gasteiger partial charge in [-0.25, -0.2) is 4.79 Å². The molecule has 0 bridgehead atoms. The quantitative estimate of drug-likeness (QED) is 0.916. The van der Waals surface area contributed by atoms with Crippen LogP contribution < -0.4 is 4.74 Å². The summed E-state index contributed by atoms with van der Waals surface area (Å²) in [5.74, 6) is -0.696. The summed E-state index contributed by atoms with van der Waals surface area (Å²) in [5, 5.41) is 8.92. The second-order valence-electron chi connectivity index (χ2n) is 2.75. The topological polar surface area (TPSA) is 46.5 Å². The van der Waals surface area contributed by atoms with Gasteiger partial charge >= 0.3 is 5.97 Å². The number of rotatable bonds is 4. The van der Waals surface area contributed by atoms with Crippen molar-refractivity contribution in [3.05, 3.63) is 39.3 Å². The molecule has 0 aliphatic carbocycles. The van der Waals surface area contributed by atoms with Crippen molar-refractivity contribution in [2.75, 3.05) is 6.61 Å². The van der Waals surface area contributed by atoms with E-state index in [-0.39, 0.29) is 12.2 Å². The fourth-order valence-electron chi connectivity index (χ4n) is 0.951. The van der Waals surface area contributed by atoms with Gasteiger partial charge in [0.2, 0.25) is 0 Å². The maximum atomic E-state index is 10.9. The standard InChI is InChI=1S/C10H8Br2O3/c1-6(11)5-15-9-3-2-7(12)4-8(9)10(13)14/h2-4H,1,5H2,(H,13,14). The van der Waals surface area contributed by atoms with Crippen molar-refractivity contribution in [2.24, 2.45) is 0 Å². The normalized spacial score (nSPS) is 9.73. The first-order valence-corrected chi connectivity index (χ1v) is 5.58. The smallest absolute Gasteiger partial charge is 0.339 e. The third-order valence-corrected chi connectivity index (χ3v) is 2.28. The summed E-state index contributed by atoms with van der Waals surface area (Å²) in [7, 11) is 0. The lowest BCUT2D eigenvalue weighted by Gasteiger charge is -2.08. The van der Waals surface area contributed by atoms with E-state index in [4.69, 9.17) is 9.84 Å². The number of benzene rings is 1. The van der Waals surface area contributed by atoms with Crippen molar-refractivity contribution in [1.82, 2.24) is 0 Å². The Labute approximate surface area is 104 Å². The summed E-state index contributed by atoms with van der Waals surface area (Å²) in [6, 6.07) is 4.82. The molecule has 0 fully saturated rings. The third-order valence-electron chi connectivity index (χ3n) is 1.56. The van der Waals surface area contributed by atoms with Gasteiger partial charge in [-0.15, -0.1) is 0 Å². The largest absolute Gasteiger partial charge is 0.487 e. The summed E-state index contributed by atoms with van der Waals surface area (Å²) in [6.07, 6.45) is 0. The molecule has 0 aliphatic rings. The molecule has 1 aromatic rings. The van der Waals surface area contributed by atoms with E-state index in [2.05, 4.69) is 38.4 Å². The highest BCUT2D eigenvalue weighted by atomic mass is 79.9. The van der Waals surface area contributed by atoms with Gasteiger partial charge in [-0.05, 0) is 18.2 Å². The number of aromatic carboxylic acids is 1. The van der Waals surface area contributed by atoms with Gasteiger partial charge in [0.05, 0.1) is 0 Å². The van der Waals surface area contributed by atoms with E-state index < -0.39 is 5.97 Å². The van der Waals surface area contributed by atoms with Crippen LogP contribution in [0.1, 0.15) is 10.4 Å². The Kier molecular flexibility index (Phi) is 4.35. The zero-order chi connectivity index (χ0) is 11.4. The summed E-state index contributed by atoms with van der Waals surface area (Å²) in [5.41, 5.74) is 0.123. The minimum Gasteiger partial charge on any atom is -0.487 e. The molecule has 0 aromatic heterocycles. The van der Waals surface area contributed by atoms with Gasteiger partial charge in [0.15, 0.2) is 0 Å². The van der Waals surface area contributed by atoms with Crippen molar-refractivity contribution in [3.8, 4) is 5.75 Å². The van der Waals surface area contributed by atoms with Crippen LogP contribution in [0.4, 0.5) is 0 Å². The van der Waals surface area contributed by atoms with E-state index in [1.165, 1.54) is 6.07 Å². The number of halogens is 2. The van der Waals surface area contributed by atoms with Crippen LogP contribution in [-0.2, 0) is 0 Å². The number of hydrogen-bond donors (Lipinski definition) is 1. The number of carbonyl (C=O) groups is 1. The number of carboxylic acids is 1. The summed E-state index contributed by atoms with van der Waals surface area (Å²) >= 11 is 6.33. The fourth-order valence-corrected chi connectivity index (χ4v) is 1.43. The Balaban J connectivity index is 2.95. The monoisotopic (exact) mass is 334 g/mol. The molecule has 0 spiro atoms. The first kappa shape index (κ1) is 12.3. The van der Waals surface area contributed by atoms with Crippen LogP contribution in [0.15, 0.2) is 33.7 Å². The molecule has 80 valence electrons. The predicted octanol–water partition coefficient (Wildman–Crippen LogP) is 3.43. The second-order valence-corrected chi connectivity index (χ2v) is 4.79. The highest BCUT2D eigenvalue weighted by Crippen LogP contribution is 2.23. The first-order valence-electron chi connectivity index (χ1n) is 3.99. The molecule has 0 saturated heterocycles. The van der Waals surface area contributed by atoms with Crippen LogP contribution in [0.2, 0.25) is 0 Å². The van der Waals surface area contributed by atoms with Gasteiger partial charge in [-0.1, -0.05) is 38.4 Å². The van der Waals surface area contributed by atoms with E-state index in [1.54, 1.807) is 12.1 Å². The van der Waals surface area contributed by atoms with Gasteiger partial charge in [-0.2, -0.15) is 0 Å². The van der Waals surface area contributed by atoms with E-state index in [9.17, 15) is 4.79 Å². The summed E-state index contributed by atoms with van der Waals surface area (Å²) < 4.78 is 6.62. The van der Waals surface area contributed by atoms with Crippen LogP contribution in [-0.4, -0.2) is 17.7 Å². The average Bonchev–Trinajstić information content (AvgIpc) is 2.15. The molecule has 0 heterocycles. The Morgan fingerprint density at radius 1 is 1.53 bits per heavy atom. The van der Waals surface area contributed by atoms with Crippen LogP contribution in [0.25, 0.3) is 0 Å². The van der Waals surface area contributed by atoms with Gasteiger partial charge in [0, 0.05) is 8.96 Å². The SMILES string of the molecule is C=C(Br)COc1ccc(Br)cc1C(=O)O. The van der Waals surface area contributed by atoms with Gasteiger partial charge < -0.3 is 9.84 Å². The molecule has 15 heavy (non-hydrogen) atoms. The van der Waals surface area contributed by atoms with E-state index in [0.717, 1.165) is 0 Å². The molecular formula is C10H8Br2O3. The highest BCUT2D eigenvalue weighted by Gasteiger charge is 2.11. The molecule has 1 rings (SSSR count). The van der Waals surface area contributed by atoms with Crippen LogP contribution in [0.5, 0.6) is 5.75 Å². The van der Waals surface area contributed by atoms with Crippen molar-refractivity contribution in [3.63, 3.8) is 0 Å². The Hall–Kier alpha value is -0.810. The van der Waals surface area contributed by atoms with Crippen molar-refractivity contribution >= 4 is 37.8 Å². The zero-order valence-electron chi connectivity index (χ0n) is 7.67. The third kappa shape index (κ3) is 3.68. The fraction of sp³-hybridized carbons (Fsp3) is 0.100.